The van der Waals surface area contributed by atoms with Crippen LogP contribution in [0.5, 0.6) is 5.75 Å². The van der Waals surface area contributed by atoms with Gasteiger partial charge in [0, 0.05) is 24.2 Å². The quantitative estimate of drug-likeness (QED) is 0.219. The molecule has 1 atom stereocenters. The lowest BCUT2D eigenvalue weighted by Gasteiger charge is -2.24. The minimum absolute atomic E-state index is 0.0579. The van der Waals surface area contributed by atoms with Crippen molar-refractivity contribution in [3.8, 4) is 5.75 Å². The molecule has 33 heavy (non-hydrogen) atoms. The molecule has 0 aliphatic carbocycles. The minimum Gasteiger partial charge on any atom is -0.467 e. The second-order valence-electron chi connectivity index (χ2n) is 6.81. The molecule has 0 N–H and O–H groups in total. The number of benzene rings is 2. The minimum atomic E-state index is -1.33. The molecule has 0 spiro atoms. The lowest BCUT2D eigenvalue weighted by molar-refractivity contribution is -0.386. The maximum Gasteiger partial charge on any atom is 0.352 e. The molecular formula is C22H23ClFN3O6. The number of esters is 1. The molecule has 1 aliphatic heterocycles. The van der Waals surface area contributed by atoms with Crippen LogP contribution < -0.4 is 4.74 Å². The molecule has 1 aliphatic rings. The van der Waals surface area contributed by atoms with Gasteiger partial charge in [-0.2, -0.15) is 0 Å². The van der Waals surface area contributed by atoms with Crippen LogP contribution in [-0.4, -0.2) is 40.8 Å². The van der Waals surface area contributed by atoms with Gasteiger partial charge in [-0.1, -0.05) is 47.1 Å². The predicted molar refractivity (Wildman–Crippen MR) is 118 cm³/mol. The first-order valence-corrected chi connectivity index (χ1v) is 10.7. The van der Waals surface area contributed by atoms with Gasteiger partial charge in [-0.3, -0.25) is 15.1 Å². The van der Waals surface area contributed by atoms with E-state index in [0.717, 1.165) is 12.1 Å². The van der Waals surface area contributed by atoms with Crippen molar-refractivity contribution in [2.24, 2.45) is 0 Å². The Morgan fingerprint density at radius 1 is 1.21 bits per heavy atom. The first-order chi connectivity index (χ1) is 15.8. The zero-order valence-electron chi connectivity index (χ0n) is 18.3. The lowest BCUT2D eigenvalue weighted by Crippen LogP contribution is -2.35. The molecule has 0 saturated heterocycles. The largest absolute Gasteiger partial charge is 0.467 e. The normalized spacial score (nSPS) is 14.8. The van der Waals surface area contributed by atoms with Crippen molar-refractivity contribution in [2.75, 3.05) is 19.7 Å². The zero-order chi connectivity index (χ0) is 24.1. The van der Waals surface area contributed by atoms with E-state index >= 15 is 4.39 Å². The summed E-state index contributed by atoms with van der Waals surface area (Å²) in [6, 6.07) is 10.1. The Bertz CT molecular complexity index is 1070. The van der Waals surface area contributed by atoms with Crippen molar-refractivity contribution < 1.29 is 28.4 Å². The van der Waals surface area contributed by atoms with Crippen LogP contribution in [0.1, 0.15) is 38.0 Å². The number of carbonyl (C=O) groups excluding carboxylic acids is 1. The highest BCUT2D eigenvalue weighted by Gasteiger charge is 2.35. The lowest BCUT2D eigenvalue weighted by atomic mass is 10.1. The molecule has 0 amide bonds. The summed E-state index contributed by atoms with van der Waals surface area (Å²) < 4.78 is 25.8. The summed E-state index contributed by atoms with van der Waals surface area (Å²) in [6.45, 7) is 6.19. The van der Waals surface area contributed by atoms with E-state index in [1.165, 1.54) is 5.17 Å². The average molecular weight is 480 g/mol. The number of halogens is 2. The SMILES string of the molecule is CCOC(=O)C(Oc1cc(F)c(C2=C(Cl)N(CC)N(CC)O2)cc1[N+](=O)[O-])c1ccccc1. The molecule has 0 aromatic heterocycles. The van der Waals surface area contributed by atoms with Crippen LogP contribution in [0.2, 0.25) is 0 Å². The van der Waals surface area contributed by atoms with E-state index in [0.29, 0.717) is 18.7 Å². The number of rotatable bonds is 9. The smallest absolute Gasteiger partial charge is 0.352 e. The van der Waals surface area contributed by atoms with E-state index in [4.69, 9.17) is 25.9 Å². The van der Waals surface area contributed by atoms with Crippen molar-refractivity contribution in [1.82, 2.24) is 10.2 Å². The van der Waals surface area contributed by atoms with Crippen LogP contribution in [0.15, 0.2) is 47.6 Å². The number of hydrogen-bond acceptors (Lipinski definition) is 8. The van der Waals surface area contributed by atoms with Crippen molar-refractivity contribution in [3.63, 3.8) is 0 Å². The van der Waals surface area contributed by atoms with Crippen LogP contribution >= 0.6 is 11.6 Å². The van der Waals surface area contributed by atoms with Crippen molar-refractivity contribution in [3.05, 3.63) is 74.7 Å². The Labute approximate surface area is 195 Å². The summed E-state index contributed by atoms with van der Waals surface area (Å²) in [4.78, 5) is 29.2. The van der Waals surface area contributed by atoms with Crippen molar-refractivity contribution in [1.29, 1.82) is 0 Å². The van der Waals surface area contributed by atoms with E-state index in [2.05, 4.69) is 0 Å². The summed E-state index contributed by atoms with van der Waals surface area (Å²) in [7, 11) is 0. The molecule has 2 aromatic carbocycles. The van der Waals surface area contributed by atoms with Gasteiger partial charge in [0.25, 0.3) is 0 Å². The number of hydroxylamine groups is 1. The van der Waals surface area contributed by atoms with E-state index in [1.54, 1.807) is 42.3 Å². The Balaban J connectivity index is 2.05. The summed E-state index contributed by atoms with van der Waals surface area (Å²) in [5, 5.41) is 14.9. The summed E-state index contributed by atoms with van der Waals surface area (Å²) in [5.41, 5.74) is -0.368. The Kier molecular flexibility index (Phi) is 7.72. The van der Waals surface area contributed by atoms with Gasteiger partial charge in [0.05, 0.1) is 23.6 Å². The van der Waals surface area contributed by atoms with Crippen molar-refractivity contribution >= 4 is 29.0 Å². The summed E-state index contributed by atoms with van der Waals surface area (Å²) in [5.74, 6) is -2.12. The van der Waals surface area contributed by atoms with Gasteiger partial charge in [0.2, 0.25) is 11.9 Å². The molecule has 3 rings (SSSR count). The van der Waals surface area contributed by atoms with E-state index in [9.17, 15) is 14.9 Å². The molecule has 9 nitrogen and oxygen atoms in total. The fraction of sp³-hybridized carbons (Fsp3) is 0.318. The molecule has 1 heterocycles. The second kappa shape index (κ2) is 10.5. The first-order valence-electron chi connectivity index (χ1n) is 10.3. The van der Waals surface area contributed by atoms with Gasteiger partial charge in [-0.05, 0) is 20.8 Å². The van der Waals surface area contributed by atoms with Gasteiger partial charge in [-0.15, -0.1) is 0 Å². The van der Waals surface area contributed by atoms with Gasteiger partial charge in [0.1, 0.15) is 5.82 Å². The molecule has 11 heteroatoms. The van der Waals surface area contributed by atoms with Gasteiger partial charge >= 0.3 is 11.7 Å². The molecule has 0 bridgehead atoms. The highest BCUT2D eigenvalue weighted by molar-refractivity contribution is 6.32. The number of hydrogen-bond donors (Lipinski definition) is 0. The third-order valence-electron chi connectivity index (χ3n) is 4.79. The molecule has 2 aromatic rings. The maximum atomic E-state index is 15.2. The van der Waals surface area contributed by atoms with E-state index in [-0.39, 0.29) is 23.1 Å². The topological polar surface area (TPSA) is 94.4 Å². The van der Waals surface area contributed by atoms with Gasteiger partial charge < -0.3 is 14.3 Å². The Morgan fingerprint density at radius 3 is 2.45 bits per heavy atom. The number of nitro benzene ring substituents is 1. The highest BCUT2D eigenvalue weighted by Crippen LogP contribution is 2.40. The predicted octanol–water partition coefficient (Wildman–Crippen LogP) is 4.79. The molecule has 0 radical (unpaired) electrons. The number of carbonyl (C=O) groups is 1. The number of ether oxygens (including phenoxy) is 2. The van der Waals surface area contributed by atoms with E-state index in [1.807, 2.05) is 13.8 Å². The highest BCUT2D eigenvalue weighted by atomic mass is 35.5. The fourth-order valence-corrected chi connectivity index (χ4v) is 3.62. The number of hydrazine groups is 1. The standard InChI is InChI=1S/C22H23ClFN3O6/c1-4-25-21(23)20(33-26(25)5-2)15-12-17(27(29)30)18(13-16(15)24)32-19(22(28)31-6-3)14-10-8-7-9-11-14/h7-13,19H,4-6H2,1-3H3. The summed E-state index contributed by atoms with van der Waals surface area (Å²) >= 11 is 6.35. The third-order valence-corrected chi connectivity index (χ3v) is 5.15. The third kappa shape index (κ3) is 5.01. The molecule has 0 saturated carbocycles. The van der Waals surface area contributed by atoms with Crippen LogP contribution in [0.3, 0.4) is 0 Å². The first kappa shape index (κ1) is 24.3. The van der Waals surface area contributed by atoms with Gasteiger partial charge in [0.15, 0.2) is 10.9 Å². The number of nitro groups is 1. The molecule has 1 unspecified atom stereocenters. The summed E-state index contributed by atoms with van der Waals surface area (Å²) in [6.07, 6.45) is -1.33. The Morgan fingerprint density at radius 2 is 1.91 bits per heavy atom. The van der Waals surface area contributed by atoms with Crippen LogP contribution in [0.25, 0.3) is 5.76 Å². The zero-order valence-corrected chi connectivity index (χ0v) is 19.0. The fourth-order valence-electron chi connectivity index (χ4n) is 3.28. The van der Waals surface area contributed by atoms with E-state index < -0.39 is 34.3 Å². The van der Waals surface area contributed by atoms with Gasteiger partial charge in [-0.25, -0.2) is 9.18 Å². The number of nitrogens with zero attached hydrogens (tertiary/aromatic N) is 3. The van der Waals surface area contributed by atoms with Crippen LogP contribution in [0.4, 0.5) is 10.1 Å². The average Bonchev–Trinajstić information content (AvgIpc) is 3.13. The molecular weight excluding hydrogens is 457 g/mol. The maximum absolute atomic E-state index is 15.2. The molecule has 0 fully saturated rings. The molecule has 176 valence electrons. The monoisotopic (exact) mass is 479 g/mol. The Hall–Kier alpha value is -3.37. The van der Waals surface area contributed by atoms with Crippen LogP contribution in [0, 0.1) is 15.9 Å². The second-order valence-corrected chi connectivity index (χ2v) is 7.17. The van der Waals surface area contributed by atoms with Crippen molar-refractivity contribution in [2.45, 2.75) is 26.9 Å². The van der Waals surface area contributed by atoms with Crippen LogP contribution in [-0.2, 0) is 14.4 Å².